The molecule has 0 saturated carbocycles. The number of likely N-dealkylation sites (N-methyl/N-ethyl adjacent to an activating group) is 1. The summed E-state index contributed by atoms with van der Waals surface area (Å²) >= 11 is 0. The van der Waals surface area contributed by atoms with Gasteiger partial charge in [0, 0.05) is 39.4 Å². The number of ether oxygens (including phenoxy) is 1. The highest BCUT2D eigenvalue weighted by Crippen LogP contribution is 2.22. The Kier molecular flexibility index (Phi) is 7.02. The highest BCUT2D eigenvalue weighted by Gasteiger charge is 2.16. The molecule has 0 unspecified atom stereocenters. The van der Waals surface area contributed by atoms with Gasteiger partial charge in [-0.25, -0.2) is 0 Å². The van der Waals surface area contributed by atoms with Gasteiger partial charge in [-0.2, -0.15) is 5.10 Å². The van der Waals surface area contributed by atoms with Crippen LogP contribution in [0.1, 0.15) is 32.0 Å². The number of nitrogens with one attached hydrogen (secondary N) is 1. The van der Waals surface area contributed by atoms with Crippen molar-refractivity contribution >= 4 is 5.82 Å². The molecule has 0 aliphatic carbocycles. The molecule has 5 heteroatoms. The lowest BCUT2D eigenvalue weighted by Gasteiger charge is -2.21. The molecule has 0 bridgehead atoms. The van der Waals surface area contributed by atoms with Crippen molar-refractivity contribution in [3.05, 3.63) is 11.3 Å². The van der Waals surface area contributed by atoms with Crippen molar-refractivity contribution in [2.24, 2.45) is 13.0 Å². The third-order valence-corrected chi connectivity index (χ3v) is 3.30. The van der Waals surface area contributed by atoms with Crippen LogP contribution in [0.2, 0.25) is 0 Å². The van der Waals surface area contributed by atoms with Gasteiger partial charge in [0.2, 0.25) is 0 Å². The third-order valence-electron chi connectivity index (χ3n) is 3.30. The van der Waals surface area contributed by atoms with E-state index in [4.69, 9.17) is 4.74 Å². The smallest absolute Gasteiger partial charge is 0.131 e. The first-order chi connectivity index (χ1) is 9.47. The fraction of sp³-hybridized carbons (Fsp3) is 0.800. The maximum absolute atomic E-state index is 5.44. The molecule has 0 aliphatic heterocycles. The van der Waals surface area contributed by atoms with E-state index in [1.807, 2.05) is 18.7 Å². The van der Waals surface area contributed by atoms with Crippen LogP contribution in [0.5, 0.6) is 0 Å². The van der Waals surface area contributed by atoms with Crippen molar-refractivity contribution < 1.29 is 4.74 Å². The van der Waals surface area contributed by atoms with Crippen LogP contribution in [0.15, 0.2) is 0 Å². The summed E-state index contributed by atoms with van der Waals surface area (Å²) in [5, 5.41) is 8.06. The van der Waals surface area contributed by atoms with Crippen LogP contribution in [-0.4, -0.2) is 43.1 Å². The Morgan fingerprint density at radius 3 is 2.70 bits per heavy atom. The van der Waals surface area contributed by atoms with Crippen molar-refractivity contribution in [2.45, 2.75) is 34.2 Å². The Morgan fingerprint density at radius 1 is 1.40 bits per heavy atom. The second kappa shape index (κ2) is 8.27. The molecule has 1 aromatic rings. The summed E-state index contributed by atoms with van der Waals surface area (Å²) in [4.78, 5) is 2.22. The molecule has 5 nitrogen and oxygen atoms in total. The van der Waals surface area contributed by atoms with Crippen LogP contribution in [0.25, 0.3) is 0 Å². The number of anilines is 1. The number of hydrogen-bond acceptors (Lipinski definition) is 4. The minimum absolute atomic E-state index is 0.658. The Bertz CT molecular complexity index is 401. The van der Waals surface area contributed by atoms with Crippen LogP contribution in [0.3, 0.4) is 0 Å². The fourth-order valence-electron chi connectivity index (χ4n) is 2.31. The minimum atomic E-state index is 0.658. The van der Waals surface area contributed by atoms with Gasteiger partial charge in [-0.15, -0.1) is 0 Å². The molecule has 0 spiro atoms. The zero-order chi connectivity index (χ0) is 15.1. The first-order valence-corrected chi connectivity index (χ1v) is 7.49. The standard InChI is InChI=1S/C15H30N4O/c1-7-20-9-8-18(5)15-14(11-16-10-12(2)3)13(4)17-19(15)6/h12,16H,7-11H2,1-6H3. The number of aryl methyl sites for hydroxylation is 2. The first-order valence-electron chi connectivity index (χ1n) is 7.49. The van der Waals surface area contributed by atoms with E-state index >= 15 is 0 Å². The largest absolute Gasteiger partial charge is 0.380 e. The van der Waals surface area contributed by atoms with E-state index in [0.717, 1.165) is 38.5 Å². The second-order valence-corrected chi connectivity index (χ2v) is 5.65. The molecule has 0 fully saturated rings. The fourth-order valence-corrected chi connectivity index (χ4v) is 2.31. The average Bonchev–Trinajstić information content (AvgIpc) is 2.64. The van der Waals surface area contributed by atoms with Gasteiger partial charge in [-0.05, 0) is 26.3 Å². The summed E-state index contributed by atoms with van der Waals surface area (Å²) in [6.45, 7) is 12.8. The van der Waals surface area contributed by atoms with Crippen LogP contribution < -0.4 is 10.2 Å². The molecule has 0 saturated heterocycles. The topological polar surface area (TPSA) is 42.3 Å². The van der Waals surface area contributed by atoms with Gasteiger partial charge >= 0.3 is 0 Å². The number of nitrogens with zero attached hydrogens (tertiary/aromatic N) is 3. The van der Waals surface area contributed by atoms with Crippen LogP contribution in [-0.2, 0) is 18.3 Å². The number of hydrogen-bond donors (Lipinski definition) is 1. The second-order valence-electron chi connectivity index (χ2n) is 5.65. The molecule has 0 aliphatic rings. The Balaban J connectivity index is 2.72. The predicted octanol–water partition coefficient (Wildman–Crippen LogP) is 1.95. The van der Waals surface area contributed by atoms with E-state index in [2.05, 4.69) is 43.1 Å². The third kappa shape index (κ3) is 4.80. The van der Waals surface area contributed by atoms with Crippen LogP contribution >= 0.6 is 0 Å². The van der Waals surface area contributed by atoms with E-state index in [0.29, 0.717) is 5.92 Å². The average molecular weight is 282 g/mol. The predicted molar refractivity (Wildman–Crippen MR) is 84.3 cm³/mol. The van der Waals surface area contributed by atoms with Crippen LogP contribution in [0.4, 0.5) is 5.82 Å². The van der Waals surface area contributed by atoms with E-state index in [1.165, 1.54) is 11.4 Å². The summed E-state index contributed by atoms with van der Waals surface area (Å²) in [5.41, 5.74) is 2.38. The number of rotatable bonds is 9. The highest BCUT2D eigenvalue weighted by molar-refractivity contribution is 5.49. The van der Waals surface area contributed by atoms with Gasteiger partial charge in [-0.3, -0.25) is 4.68 Å². The maximum Gasteiger partial charge on any atom is 0.131 e. The molecule has 1 heterocycles. The van der Waals surface area contributed by atoms with Gasteiger partial charge in [-0.1, -0.05) is 13.8 Å². The van der Waals surface area contributed by atoms with Crippen molar-refractivity contribution in [3.63, 3.8) is 0 Å². The summed E-state index contributed by atoms with van der Waals surface area (Å²) in [7, 11) is 4.10. The van der Waals surface area contributed by atoms with Gasteiger partial charge in [0.1, 0.15) is 5.82 Å². The Morgan fingerprint density at radius 2 is 2.10 bits per heavy atom. The normalized spacial score (nSPS) is 11.3. The molecule has 1 rings (SSSR count). The zero-order valence-electron chi connectivity index (χ0n) is 13.9. The zero-order valence-corrected chi connectivity index (χ0v) is 13.9. The molecule has 116 valence electrons. The Labute approximate surface area is 123 Å². The first kappa shape index (κ1) is 17.0. The summed E-state index contributed by atoms with van der Waals surface area (Å²) < 4.78 is 7.40. The number of aromatic nitrogens is 2. The van der Waals surface area contributed by atoms with Gasteiger partial charge in [0.15, 0.2) is 0 Å². The maximum atomic E-state index is 5.44. The molecule has 1 aromatic heterocycles. The van der Waals surface area contributed by atoms with E-state index in [1.54, 1.807) is 0 Å². The van der Waals surface area contributed by atoms with Gasteiger partial charge in [0.25, 0.3) is 0 Å². The van der Waals surface area contributed by atoms with Crippen molar-refractivity contribution in [1.29, 1.82) is 0 Å². The monoisotopic (exact) mass is 282 g/mol. The lowest BCUT2D eigenvalue weighted by atomic mass is 10.2. The summed E-state index contributed by atoms with van der Waals surface area (Å²) in [6, 6.07) is 0. The summed E-state index contributed by atoms with van der Waals surface area (Å²) in [5.74, 6) is 1.84. The Hall–Kier alpha value is -1.07. The molecule has 0 aromatic carbocycles. The molecular formula is C15H30N4O. The molecule has 0 atom stereocenters. The lowest BCUT2D eigenvalue weighted by molar-refractivity contribution is 0.154. The molecule has 1 N–H and O–H groups in total. The summed E-state index contributed by atoms with van der Waals surface area (Å²) in [6.07, 6.45) is 0. The quantitative estimate of drug-likeness (QED) is 0.703. The van der Waals surface area contributed by atoms with Crippen molar-refractivity contribution in [1.82, 2.24) is 15.1 Å². The molecule has 0 amide bonds. The highest BCUT2D eigenvalue weighted by atomic mass is 16.5. The molecule has 0 radical (unpaired) electrons. The molecular weight excluding hydrogens is 252 g/mol. The van der Waals surface area contributed by atoms with Gasteiger partial charge in [0.05, 0.1) is 12.3 Å². The lowest BCUT2D eigenvalue weighted by Crippen LogP contribution is -2.27. The van der Waals surface area contributed by atoms with E-state index < -0.39 is 0 Å². The van der Waals surface area contributed by atoms with E-state index in [-0.39, 0.29) is 0 Å². The van der Waals surface area contributed by atoms with Crippen LogP contribution in [0, 0.1) is 12.8 Å². The van der Waals surface area contributed by atoms with Gasteiger partial charge < -0.3 is 15.0 Å². The molecule has 20 heavy (non-hydrogen) atoms. The SMILES string of the molecule is CCOCCN(C)c1c(CNCC(C)C)c(C)nn1C. The van der Waals surface area contributed by atoms with E-state index in [9.17, 15) is 0 Å². The van der Waals surface area contributed by atoms with Crippen molar-refractivity contribution in [3.8, 4) is 0 Å². The van der Waals surface area contributed by atoms with Crippen molar-refractivity contribution in [2.75, 3.05) is 38.3 Å². The minimum Gasteiger partial charge on any atom is -0.380 e.